The van der Waals surface area contributed by atoms with Gasteiger partial charge in [-0.15, -0.1) is 0 Å². The van der Waals surface area contributed by atoms with Crippen LogP contribution in [0.3, 0.4) is 0 Å². The van der Waals surface area contributed by atoms with Crippen LogP contribution in [0.4, 0.5) is 0 Å². The van der Waals surface area contributed by atoms with E-state index in [0.717, 1.165) is 6.07 Å². The van der Waals surface area contributed by atoms with Crippen LogP contribution in [-0.2, 0) is 16.5 Å². The molecule has 0 atom stereocenters. The molecule has 1 aliphatic rings. The number of aryl methyl sites for hydroxylation is 1. The summed E-state index contributed by atoms with van der Waals surface area (Å²) in [4.78, 5) is 14.3. The maximum atomic E-state index is 11.8. The molecule has 1 aromatic rings. The van der Waals surface area contributed by atoms with Gasteiger partial charge in [-0.25, -0.2) is 0 Å². The van der Waals surface area contributed by atoms with Gasteiger partial charge in [0.15, 0.2) is 0 Å². The van der Waals surface area contributed by atoms with Crippen molar-refractivity contribution in [2.45, 2.75) is 17.7 Å². The molecule has 0 amide bonds. The van der Waals surface area contributed by atoms with Crippen molar-refractivity contribution in [3.8, 4) is 0 Å². The number of hydrogen-bond donors (Lipinski definition) is 1. The van der Waals surface area contributed by atoms with Crippen LogP contribution in [0, 0.1) is 0 Å². The topological polar surface area (TPSA) is 108 Å². The fourth-order valence-electron chi connectivity index (χ4n) is 1.76. The van der Waals surface area contributed by atoms with Crippen LogP contribution in [-0.4, -0.2) is 29.3 Å². The maximum absolute atomic E-state index is 11.8. The van der Waals surface area contributed by atoms with E-state index in [4.69, 9.17) is 10.1 Å². The average Bonchev–Trinajstić information content (AvgIpc) is 2.28. The van der Waals surface area contributed by atoms with Crippen LogP contribution >= 0.6 is 0 Å². The molecule has 0 spiro atoms. The number of fused-ring (bicyclic) bond motifs is 1. The van der Waals surface area contributed by atoms with Gasteiger partial charge in [-0.1, -0.05) is 6.07 Å². The van der Waals surface area contributed by atoms with Crippen molar-refractivity contribution < 1.29 is 22.6 Å². The number of carbonyl (C=O) groups is 1. The van der Waals surface area contributed by atoms with Crippen molar-refractivity contribution in [3.63, 3.8) is 0 Å². The molecule has 1 N–H and O–H groups in total. The van der Waals surface area contributed by atoms with Crippen molar-refractivity contribution in [2.24, 2.45) is 0 Å². The molecule has 0 bridgehead atoms. The van der Waals surface area contributed by atoms with Crippen molar-refractivity contribution >= 4 is 21.6 Å². The van der Waals surface area contributed by atoms with Crippen LogP contribution in [0.15, 0.2) is 23.1 Å². The molecule has 88 valence electrons. The van der Waals surface area contributed by atoms with E-state index >= 15 is 0 Å². The lowest BCUT2D eigenvalue weighted by Gasteiger charge is -2.11. The highest BCUT2D eigenvalue weighted by molar-refractivity contribution is 7.85. The van der Waals surface area contributed by atoms with Crippen LogP contribution in [0.5, 0.6) is 0 Å². The minimum atomic E-state index is -4.34. The Labute approximate surface area is 97.3 Å². The zero-order valence-corrected chi connectivity index (χ0v) is 9.44. The van der Waals surface area contributed by atoms with E-state index in [9.17, 15) is 13.2 Å². The number of ketones is 1. The summed E-state index contributed by atoms with van der Waals surface area (Å²) < 4.78 is 30.8. The van der Waals surface area contributed by atoms with Gasteiger partial charge < -0.3 is 5.53 Å². The fourth-order valence-corrected chi connectivity index (χ4v) is 2.27. The van der Waals surface area contributed by atoms with Crippen LogP contribution < -0.4 is 0 Å². The normalized spacial score (nSPS) is 15.4. The van der Waals surface area contributed by atoms with E-state index in [0.29, 0.717) is 18.4 Å². The monoisotopic (exact) mass is 252 g/mol. The Kier molecular flexibility index (Phi) is 2.66. The first kappa shape index (κ1) is 11.7. The van der Waals surface area contributed by atoms with Crippen LogP contribution in [0.2, 0.25) is 0 Å². The van der Waals surface area contributed by atoms with Gasteiger partial charge in [0.05, 0.1) is 11.3 Å². The summed E-state index contributed by atoms with van der Waals surface area (Å²) >= 11 is 0. The summed E-state index contributed by atoms with van der Waals surface area (Å²) in [5.41, 5.74) is 9.43. The number of benzene rings is 1. The second kappa shape index (κ2) is 3.89. The molecule has 2 rings (SSSR count). The average molecular weight is 252 g/mol. The fraction of sp³-hybridized carbons (Fsp3) is 0.200. The molecule has 0 heterocycles. The number of rotatable bonds is 1. The van der Waals surface area contributed by atoms with Crippen LogP contribution in [0.1, 0.15) is 22.3 Å². The predicted octanol–water partition coefficient (Wildman–Crippen LogP) is 0.733. The third kappa shape index (κ3) is 2.03. The Morgan fingerprint density at radius 2 is 2.00 bits per heavy atom. The van der Waals surface area contributed by atoms with Gasteiger partial charge in [0.1, 0.15) is 0 Å². The Morgan fingerprint density at radius 3 is 2.59 bits per heavy atom. The number of Topliss-reactive ketones (excluding diaryl/α,β-unsaturated/α-hetero) is 1. The zero-order chi connectivity index (χ0) is 12.6. The van der Waals surface area contributed by atoms with Gasteiger partial charge >= 0.3 is 5.71 Å². The van der Waals surface area contributed by atoms with Crippen molar-refractivity contribution in [1.29, 1.82) is 0 Å². The quantitative estimate of drug-likeness (QED) is 0.451. The molecular weight excluding hydrogens is 244 g/mol. The molecule has 0 saturated carbocycles. The molecule has 0 radical (unpaired) electrons. The first-order chi connectivity index (χ1) is 7.93. The Morgan fingerprint density at radius 1 is 1.29 bits per heavy atom. The predicted molar refractivity (Wildman–Crippen MR) is 57.5 cm³/mol. The minimum Gasteiger partial charge on any atom is -0.361 e. The number of nitrogens with zero attached hydrogens (tertiary/aromatic N) is 2. The first-order valence-corrected chi connectivity index (χ1v) is 6.23. The van der Waals surface area contributed by atoms with Crippen molar-refractivity contribution in [1.82, 2.24) is 0 Å². The summed E-state index contributed by atoms with van der Waals surface area (Å²) in [5, 5.41) is 0. The third-order valence-electron chi connectivity index (χ3n) is 2.64. The van der Waals surface area contributed by atoms with E-state index < -0.39 is 15.9 Å². The Balaban J connectivity index is 2.63. The molecular formula is C10H8N2O4S. The lowest BCUT2D eigenvalue weighted by molar-refractivity contribution is -0.00945. The van der Waals surface area contributed by atoms with Gasteiger partial charge in [0.2, 0.25) is 0 Å². The maximum Gasteiger partial charge on any atom is 0.339 e. The number of carbonyl (C=O) groups excluding carboxylic acids is 1. The minimum absolute atomic E-state index is 0.00927. The highest BCUT2D eigenvalue weighted by Crippen LogP contribution is 2.22. The van der Waals surface area contributed by atoms with Gasteiger partial charge in [-0.3, -0.25) is 9.35 Å². The van der Waals surface area contributed by atoms with Gasteiger partial charge in [0.25, 0.3) is 15.9 Å². The Bertz CT molecular complexity index is 657. The second-order valence-corrected chi connectivity index (χ2v) is 5.09. The van der Waals surface area contributed by atoms with Gasteiger partial charge in [-0.05, 0) is 24.1 Å². The molecule has 0 aromatic heterocycles. The molecule has 0 fully saturated rings. The van der Waals surface area contributed by atoms with E-state index in [1.165, 1.54) is 12.1 Å². The third-order valence-corrected chi connectivity index (χ3v) is 3.49. The van der Waals surface area contributed by atoms with Gasteiger partial charge in [0, 0.05) is 5.56 Å². The molecule has 17 heavy (non-hydrogen) atoms. The molecule has 1 aliphatic carbocycles. The Hall–Kier alpha value is -1.82. The highest BCUT2D eigenvalue weighted by atomic mass is 32.2. The second-order valence-electron chi connectivity index (χ2n) is 3.67. The lowest BCUT2D eigenvalue weighted by Crippen LogP contribution is -2.23. The smallest absolute Gasteiger partial charge is 0.339 e. The molecule has 0 unspecified atom stereocenters. The van der Waals surface area contributed by atoms with Crippen LogP contribution in [0.25, 0.3) is 5.53 Å². The summed E-state index contributed by atoms with van der Waals surface area (Å²) in [6.45, 7) is 0. The highest BCUT2D eigenvalue weighted by Gasteiger charge is 2.30. The lowest BCUT2D eigenvalue weighted by atomic mass is 9.89. The summed E-state index contributed by atoms with van der Waals surface area (Å²) in [5.74, 6) is -0.515. The van der Waals surface area contributed by atoms with E-state index in [2.05, 4.69) is 4.79 Å². The van der Waals surface area contributed by atoms with Gasteiger partial charge in [-0.2, -0.15) is 13.2 Å². The zero-order valence-electron chi connectivity index (χ0n) is 8.62. The summed E-state index contributed by atoms with van der Waals surface area (Å²) in [7, 11) is -4.34. The molecule has 0 saturated heterocycles. The molecule has 7 heteroatoms. The van der Waals surface area contributed by atoms with Crippen molar-refractivity contribution in [2.75, 3.05) is 0 Å². The standard InChI is InChI=1S/C10H8N2O4S/c11-12-9-4-2-6-1-3-7(17(14,15)16)5-8(6)10(9)13/h1,3,5H,2,4H2,(H,14,15,16). The van der Waals surface area contributed by atoms with E-state index in [1.807, 2.05) is 0 Å². The molecule has 6 nitrogen and oxygen atoms in total. The molecule has 1 aromatic carbocycles. The summed E-state index contributed by atoms with van der Waals surface area (Å²) in [6, 6.07) is 3.81. The molecule has 0 aliphatic heterocycles. The van der Waals surface area contributed by atoms with Crippen molar-refractivity contribution in [3.05, 3.63) is 34.9 Å². The largest absolute Gasteiger partial charge is 0.361 e. The van der Waals surface area contributed by atoms with E-state index in [1.54, 1.807) is 0 Å². The number of hydrogen-bond acceptors (Lipinski definition) is 3. The summed E-state index contributed by atoms with van der Waals surface area (Å²) in [6.07, 6.45) is 0.805. The van der Waals surface area contributed by atoms with E-state index in [-0.39, 0.29) is 16.2 Å². The first-order valence-electron chi connectivity index (χ1n) is 4.79. The SMILES string of the molecule is [N-]=[N+]=C1CCc2ccc(S(=O)(=O)O)cc2C1=O.